The average Bonchev–Trinajstić information content (AvgIpc) is 2.48. The lowest BCUT2D eigenvalue weighted by Gasteiger charge is -2.13. The number of allylic oxidation sites excluding steroid dienone is 1. The zero-order chi connectivity index (χ0) is 8.97. The van der Waals surface area contributed by atoms with Crippen LogP contribution in [0.3, 0.4) is 0 Å². The highest BCUT2D eigenvalue weighted by atomic mass is 35.5. The molecular formula is C10H15ClO. The quantitative estimate of drug-likeness (QED) is 0.487. The van der Waals surface area contributed by atoms with Gasteiger partial charge in [-0.2, -0.15) is 0 Å². The fraction of sp³-hybridized carbons (Fsp3) is 0.700. The third-order valence-corrected chi connectivity index (χ3v) is 2.97. The van der Waals surface area contributed by atoms with Crippen LogP contribution in [0.2, 0.25) is 0 Å². The Morgan fingerprint density at radius 1 is 1.58 bits per heavy atom. The first-order valence-electron chi connectivity index (χ1n) is 4.56. The average molecular weight is 187 g/mol. The second-order valence-electron chi connectivity index (χ2n) is 3.47. The van der Waals surface area contributed by atoms with Gasteiger partial charge in [0.2, 0.25) is 5.24 Å². The van der Waals surface area contributed by atoms with Gasteiger partial charge in [0.15, 0.2) is 0 Å². The number of hydrogen-bond donors (Lipinski definition) is 0. The molecule has 0 unspecified atom stereocenters. The summed E-state index contributed by atoms with van der Waals surface area (Å²) >= 11 is 5.49. The molecule has 1 saturated carbocycles. The SMILES string of the molecule is C=CCC[C@H]1CCC[C@H]1C(=O)Cl. The first kappa shape index (κ1) is 9.79. The summed E-state index contributed by atoms with van der Waals surface area (Å²) in [5.41, 5.74) is 0. The van der Waals surface area contributed by atoms with Crippen LogP contribution in [0.5, 0.6) is 0 Å². The van der Waals surface area contributed by atoms with Crippen LogP contribution >= 0.6 is 11.6 Å². The number of halogens is 1. The minimum atomic E-state index is -0.137. The Bertz CT molecular complexity index is 177. The van der Waals surface area contributed by atoms with Crippen molar-refractivity contribution in [3.8, 4) is 0 Å². The Balaban J connectivity index is 2.40. The van der Waals surface area contributed by atoms with Gasteiger partial charge in [-0.3, -0.25) is 4.79 Å². The van der Waals surface area contributed by atoms with Crippen molar-refractivity contribution in [2.75, 3.05) is 0 Å². The van der Waals surface area contributed by atoms with Crippen LogP contribution in [-0.2, 0) is 4.79 Å². The van der Waals surface area contributed by atoms with Gasteiger partial charge in [0.25, 0.3) is 0 Å². The first-order valence-corrected chi connectivity index (χ1v) is 4.93. The molecule has 1 rings (SSSR count). The summed E-state index contributed by atoms with van der Waals surface area (Å²) in [6.07, 6.45) is 7.30. The van der Waals surface area contributed by atoms with Crippen molar-refractivity contribution in [2.45, 2.75) is 32.1 Å². The highest BCUT2D eigenvalue weighted by Gasteiger charge is 2.30. The summed E-state index contributed by atoms with van der Waals surface area (Å²) in [5, 5.41) is -0.137. The molecule has 0 aromatic rings. The third kappa shape index (κ3) is 2.34. The summed E-state index contributed by atoms with van der Waals surface area (Å²) in [4.78, 5) is 11.0. The molecule has 0 radical (unpaired) electrons. The minimum Gasteiger partial charge on any atom is -0.281 e. The normalized spacial score (nSPS) is 28.8. The first-order chi connectivity index (χ1) is 5.75. The molecule has 0 aliphatic heterocycles. The van der Waals surface area contributed by atoms with Crippen molar-refractivity contribution >= 4 is 16.8 Å². The highest BCUT2D eigenvalue weighted by molar-refractivity contribution is 6.64. The van der Waals surface area contributed by atoms with Crippen LogP contribution in [-0.4, -0.2) is 5.24 Å². The Kier molecular flexibility index (Phi) is 3.80. The van der Waals surface area contributed by atoms with Crippen LogP contribution in [0.1, 0.15) is 32.1 Å². The molecule has 2 heteroatoms. The molecule has 0 spiro atoms. The van der Waals surface area contributed by atoms with Crippen molar-refractivity contribution in [3.63, 3.8) is 0 Å². The van der Waals surface area contributed by atoms with Gasteiger partial charge >= 0.3 is 0 Å². The van der Waals surface area contributed by atoms with Crippen LogP contribution in [0.4, 0.5) is 0 Å². The Hall–Kier alpha value is -0.300. The Morgan fingerprint density at radius 2 is 2.33 bits per heavy atom. The molecule has 12 heavy (non-hydrogen) atoms. The largest absolute Gasteiger partial charge is 0.281 e. The standard InChI is InChI=1S/C10H15ClO/c1-2-3-5-8-6-4-7-9(8)10(11)12/h2,8-9H,1,3-7H2/t8-,9+/m0/s1. The van der Waals surface area contributed by atoms with E-state index in [0.717, 1.165) is 32.1 Å². The summed E-state index contributed by atoms with van der Waals surface area (Å²) in [6.45, 7) is 3.67. The lowest BCUT2D eigenvalue weighted by Crippen LogP contribution is -2.13. The topological polar surface area (TPSA) is 17.1 Å². The zero-order valence-corrected chi connectivity index (χ0v) is 8.02. The third-order valence-electron chi connectivity index (χ3n) is 2.69. The van der Waals surface area contributed by atoms with Gasteiger partial charge in [-0.25, -0.2) is 0 Å². The molecule has 0 aromatic heterocycles. The second kappa shape index (κ2) is 4.66. The maximum absolute atomic E-state index is 11.0. The van der Waals surface area contributed by atoms with Crippen molar-refractivity contribution < 1.29 is 4.79 Å². The van der Waals surface area contributed by atoms with E-state index in [-0.39, 0.29) is 11.2 Å². The maximum Gasteiger partial charge on any atom is 0.224 e. The van der Waals surface area contributed by atoms with Gasteiger partial charge < -0.3 is 0 Å². The van der Waals surface area contributed by atoms with Crippen molar-refractivity contribution in [1.29, 1.82) is 0 Å². The van der Waals surface area contributed by atoms with E-state index >= 15 is 0 Å². The fourth-order valence-corrected chi connectivity index (χ4v) is 2.30. The van der Waals surface area contributed by atoms with Gasteiger partial charge in [0.1, 0.15) is 0 Å². The van der Waals surface area contributed by atoms with E-state index in [0.29, 0.717) is 5.92 Å². The van der Waals surface area contributed by atoms with Gasteiger partial charge in [-0.15, -0.1) is 6.58 Å². The lowest BCUT2D eigenvalue weighted by atomic mass is 9.93. The highest BCUT2D eigenvalue weighted by Crippen LogP contribution is 2.36. The molecule has 68 valence electrons. The Labute approximate surface area is 78.8 Å². The molecule has 0 saturated heterocycles. The number of carbonyl (C=O) groups is 1. The van der Waals surface area contributed by atoms with Crippen LogP contribution < -0.4 is 0 Å². The van der Waals surface area contributed by atoms with E-state index < -0.39 is 0 Å². The zero-order valence-electron chi connectivity index (χ0n) is 7.26. The maximum atomic E-state index is 11.0. The Morgan fingerprint density at radius 3 is 2.92 bits per heavy atom. The van der Waals surface area contributed by atoms with Crippen LogP contribution in [0.15, 0.2) is 12.7 Å². The molecule has 0 heterocycles. The number of carbonyl (C=O) groups excluding carboxylic acids is 1. The summed E-state index contributed by atoms with van der Waals surface area (Å²) in [6, 6.07) is 0. The van der Waals surface area contributed by atoms with Gasteiger partial charge in [-0.05, 0) is 43.2 Å². The molecule has 2 atom stereocenters. The van der Waals surface area contributed by atoms with E-state index in [2.05, 4.69) is 6.58 Å². The lowest BCUT2D eigenvalue weighted by molar-refractivity contribution is -0.116. The second-order valence-corrected chi connectivity index (χ2v) is 3.84. The molecular weight excluding hydrogens is 172 g/mol. The molecule has 1 fully saturated rings. The predicted molar refractivity (Wildman–Crippen MR) is 51.1 cm³/mol. The molecule has 0 bridgehead atoms. The summed E-state index contributed by atoms with van der Waals surface area (Å²) < 4.78 is 0. The molecule has 1 nitrogen and oxygen atoms in total. The minimum absolute atomic E-state index is 0.131. The van der Waals surface area contributed by atoms with Crippen molar-refractivity contribution in [2.24, 2.45) is 11.8 Å². The number of hydrogen-bond acceptors (Lipinski definition) is 1. The van der Waals surface area contributed by atoms with Gasteiger partial charge in [0, 0.05) is 5.92 Å². The monoisotopic (exact) mass is 186 g/mol. The molecule has 0 amide bonds. The molecule has 1 aliphatic rings. The predicted octanol–water partition coefficient (Wildman–Crippen LogP) is 3.13. The van der Waals surface area contributed by atoms with Gasteiger partial charge in [0.05, 0.1) is 0 Å². The fourth-order valence-electron chi connectivity index (χ4n) is 2.01. The van der Waals surface area contributed by atoms with E-state index in [1.165, 1.54) is 0 Å². The van der Waals surface area contributed by atoms with Crippen LogP contribution in [0.25, 0.3) is 0 Å². The van der Waals surface area contributed by atoms with Gasteiger partial charge in [-0.1, -0.05) is 12.5 Å². The van der Waals surface area contributed by atoms with E-state index in [1.54, 1.807) is 0 Å². The number of rotatable bonds is 4. The van der Waals surface area contributed by atoms with Crippen LogP contribution in [0, 0.1) is 11.8 Å². The summed E-state index contributed by atoms with van der Waals surface area (Å²) in [7, 11) is 0. The van der Waals surface area contributed by atoms with E-state index in [1.807, 2.05) is 6.08 Å². The molecule has 0 N–H and O–H groups in total. The van der Waals surface area contributed by atoms with Crippen molar-refractivity contribution in [1.82, 2.24) is 0 Å². The molecule has 1 aliphatic carbocycles. The van der Waals surface area contributed by atoms with E-state index in [4.69, 9.17) is 11.6 Å². The summed E-state index contributed by atoms with van der Waals surface area (Å²) in [5.74, 6) is 0.652. The van der Waals surface area contributed by atoms with E-state index in [9.17, 15) is 4.79 Å². The smallest absolute Gasteiger partial charge is 0.224 e. The molecule has 0 aromatic carbocycles. The van der Waals surface area contributed by atoms with Crippen molar-refractivity contribution in [3.05, 3.63) is 12.7 Å².